The molecule has 0 N–H and O–H groups in total. The summed E-state index contributed by atoms with van der Waals surface area (Å²) in [6.45, 7) is 9.98. The predicted molar refractivity (Wildman–Crippen MR) is 121 cm³/mol. The number of hydrogen-bond donors (Lipinski definition) is 0. The zero-order valence-electron chi connectivity index (χ0n) is 19.4. The average Bonchev–Trinajstić information content (AvgIpc) is 3.63. The summed E-state index contributed by atoms with van der Waals surface area (Å²) in [6, 6.07) is 5.96. The molecular formula is C25H38N2O4. The molecule has 6 nitrogen and oxygen atoms in total. The van der Waals surface area contributed by atoms with E-state index in [-0.39, 0.29) is 23.7 Å². The third-order valence-electron chi connectivity index (χ3n) is 5.96. The van der Waals surface area contributed by atoms with Crippen molar-refractivity contribution in [1.29, 1.82) is 0 Å². The van der Waals surface area contributed by atoms with E-state index in [1.165, 1.54) is 0 Å². The van der Waals surface area contributed by atoms with Gasteiger partial charge in [0.25, 0.3) is 0 Å². The summed E-state index contributed by atoms with van der Waals surface area (Å²) in [5, 5.41) is 0. The summed E-state index contributed by atoms with van der Waals surface area (Å²) >= 11 is 0. The van der Waals surface area contributed by atoms with Crippen molar-refractivity contribution >= 4 is 11.8 Å². The SMILES string of the molecule is CCCOc1ccc(CN(CCC)C(=O)C2CCCN(C(=O)C3CC3)C2)cc1OCC. The van der Waals surface area contributed by atoms with Crippen LogP contribution in [0, 0.1) is 11.8 Å². The van der Waals surface area contributed by atoms with Crippen molar-refractivity contribution in [3.63, 3.8) is 0 Å². The molecule has 1 saturated heterocycles. The quantitative estimate of drug-likeness (QED) is 0.526. The molecule has 1 aromatic carbocycles. The van der Waals surface area contributed by atoms with Gasteiger partial charge in [-0.15, -0.1) is 0 Å². The molecule has 172 valence electrons. The van der Waals surface area contributed by atoms with Crippen molar-refractivity contribution < 1.29 is 19.1 Å². The van der Waals surface area contributed by atoms with Crippen LogP contribution in [0.1, 0.15) is 64.9 Å². The number of likely N-dealkylation sites (tertiary alicyclic amines) is 1. The van der Waals surface area contributed by atoms with E-state index < -0.39 is 0 Å². The third kappa shape index (κ3) is 6.37. The highest BCUT2D eigenvalue weighted by atomic mass is 16.5. The van der Waals surface area contributed by atoms with Gasteiger partial charge in [0.15, 0.2) is 11.5 Å². The van der Waals surface area contributed by atoms with Crippen LogP contribution in [0.3, 0.4) is 0 Å². The fourth-order valence-electron chi connectivity index (χ4n) is 4.23. The summed E-state index contributed by atoms with van der Waals surface area (Å²) in [5.74, 6) is 2.02. The first-order chi connectivity index (χ1) is 15.1. The van der Waals surface area contributed by atoms with Gasteiger partial charge >= 0.3 is 0 Å². The van der Waals surface area contributed by atoms with Crippen LogP contribution >= 0.6 is 0 Å². The Hall–Kier alpha value is -2.24. The number of amides is 2. The molecule has 1 aliphatic heterocycles. The summed E-state index contributed by atoms with van der Waals surface area (Å²) in [6.07, 6.45) is 5.63. The zero-order chi connectivity index (χ0) is 22.2. The molecular weight excluding hydrogens is 392 g/mol. The second-order valence-electron chi connectivity index (χ2n) is 8.72. The topological polar surface area (TPSA) is 59.1 Å². The molecule has 0 bridgehead atoms. The first kappa shape index (κ1) is 23.4. The van der Waals surface area contributed by atoms with E-state index >= 15 is 0 Å². The predicted octanol–water partition coefficient (Wildman–Crippen LogP) is 4.26. The minimum absolute atomic E-state index is 0.0958. The Bertz CT molecular complexity index is 747. The molecule has 1 atom stereocenters. The van der Waals surface area contributed by atoms with Gasteiger partial charge in [0, 0.05) is 32.1 Å². The molecule has 0 aromatic heterocycles. The highest BCUT2D eigenvalue weighted by molar-refractivity contribution is 5.83. The van der Waals surface area contributed by atoms with Gasteiger partial charge in [0.1, 0.15) is 0 Å². The van der Waals surface area contributed by atoms with Crippen LogP contribution < -0.4 is 9.47 Å². The van der Waals surface area contributed by atoms with E-state index in [0.29, 0.717) is 32.8 Å². The molecule has 1 aromatic rings. The monoisotopic (exact) mass is 430 g/mol. The first-order valence-electron chi connectivity index (χ1n) is 12.0. The van der Waals surface area contributed by atoms with Gasteiger partial charge in [-0.1, -0.05) is 19.9 Å². The number of carbonyl (C=O) groups excluding carboxylic acids is 2. The molecule has 0 radical (unpaired) electrons. The molecule has 2 fully saturated rings. The normalized spacial score (nSPS) is 18.5. The first-order valence-corrected chi connectivity index (χ1v) is 12.0. The highest BCUT2D eigenvalue weighted by Gasteiger charge is 2.37. The summed E-state index contributed by atoms with van der Waals surface area (Å²) in [7, 11) is 0. The second-order valence-corrected chi connectivity index (χ2v) is 8.72. The fourth-order valence-corrected chi connectivity index (χ4v) is 4.23. The molecule has 1 unspecified atom stereocenters. The van der Waals surface area contributed by atoms with E-state index in [1.807, 2.05) is 34.9 Å². The van der Waals surface area contributed by atoms with Crippen molar-refractivity contribution in [3.8, 4) is 11.5 Å². The van der Waals surface area contributed by atoms with Crippen molar-refractivity contribution in [3.05, 3.63) is 23.8 Å². The summed E-state index contributed by atoms with van der Waals surface area (Å²) in [5.41, 5.74) is 1.04. The van der Waals surface area contributed by atoms with E-state index in [1.54, 1.807) is 0 Å². The van der Waals surface area contributed by atoms with E-state index in [0.717, 1.165) is 62.1 Å². The largest absolute Gasteiger partial charge is 0.490 e. The number of benzene rings is 1. The van der Waals surface area contributed by atoms with Crippen LogP contribution in [0.4, 0.5) is 0 Å². The summed E-state index contributed by atoms with van der Waals surface area (Å²) in [4.78, 5) is 29.8. The molecule has 2 amide bonds. The molecule has 0 spiro atoms. The minimum atomic E-state index is -0.0958. The van der Waals surface area contributed by atoms with Gasteiger partial charge in [0.2, 0.25) is 11.8 Å². The smallest absolute Gasteiger partial charge is 0.227 e. The molecule has 1 heterocycles. The van der Waals surface area contributed by atoms with Gasteiger partial charge in [-0.05, 0) is 63.1 Å². The fraction of sp³-hybridized carbons (Fsp3) is 0.680. The lowest BCUT2D eigenvalue weighted by Gasteiger charge is -2.35. The van der Waals surface area contributed by atoms with Crippen molar-refractivity contribution in [2.75, 3.05) is 32.8 Å². The van der Waals surface area contributed by atoms with Crippen molar-refractivity contribution in [1.82, 2.24) is 9.80 Å². The Morgan fingerprint density at radius 1 is 1.03 bits per heavy atom. The van der Waals surface area contributed by atoms with Gasteiger partial charge in [-0.2, -0.15) is 0 Å². The van der Waals surface area contributed by atoms with Crippen LogP contribution in [-0.2, 0) is 16.1 Å². The van der Waals surface area contributed by atoms with Crippen LogP contribution in [0.25, 0.3) is 0 Å². The highest BCUT2D eigenvalue weighted by Crippen LogP contribution is 2.33. The Morgan fingerprint density at radius 3 is 2.52 bits per heavy atom. The van der Waals surface area contributed by atoms with E-state index in [4.69, 9.17) is 9.47 Å². The maximum Gasteiger partial charge on any atom is 0.227 e. The van der Waals surface area contributed by atoms with E-state index in [2.05, 4.69) is 13.8 Å². The Morgan fingerprint density at radius 2 is 1.84 bits per heavy atom. The van der Waals surface area contributed by atoms with Crippen LogP contribution in [-0.4, -0.2) is 54.5 Å². The molecule has 6 heteroatoms. The molecule has 1 aliphatic carbocycles. The number of rotatable bonds is 11. The van der Waals surface area contributed by atoms with Gasteiger partial charge in [-0.25, -0.2) is 0 Å². The lowest BCUT2D eigenvalue weighted by molar-refractivity contribution is -0.142. The maximum absolute atomic E-state index is 13.4. The lowest BCUT2D eigenvalue weighted by atomic mass is 9.95. The summed E-state index contributed by atoms with van der Waals surface area (Å²) < 4.78 is 11.6. The van der Waals surface area contributed by atoms with E-state index in [9.17, 15) is 9.59 Å². The van der Waals surface area contributed by atoms with Crippen LogP contribution in [0.5, 0.6) is 11.5 Å². The molecule has 3 rings (SSSR count). The Labute approximate surface area is 186 Å². The van der Waals surface area contributed by atoms with Gasteiger partial charge < -0.3 is 19.3 Å². The van der Waals surface area contributed by atoms with Crippen molar-refractivity contribution in [2.45, 2.75) is 65.8 Å². The lowest BCUT2D eigenvalue weighted by Crippen LogP contribution is -2.47. The minimum Gasteiger partial charge on any atom is -0.490 e. The zero-order valence-corrected chi connectivity index (χ0v) is 19.4. The third-order valence-corrected chi connectivity index (χ3v) is 5.96. The number of nitrogens with zero attached hydrogens (tertiary/aromatic N) is 2. The number of hydrogen-bond acceptors (Lipinski definition) is 4. The number of ether oxygens (including phenoxy) is 2. The molecule has 2 aliphatic rings. The Balaban J connectivity index is 1.68. The maximum atomic E-state index is 13.4. The number of carbonyl (C=O) groups is 2. The standard InChI is InChI=1S/C25H38N2O4/c1-4-13-26(17-19-9-12-22(31-15-5-2)23(16-19)30-6-3)25(29)21-8-7-14-27(18-21)24(28)20-10-11-20/h9,12,16,20-21H,4-8,10-11,13-15,17-18H2,1-3H3. The number of piperidine rings is 1. The Kier molecular flexibility index (Phi) is 8.61. The average molecular weight is 431 g/mol. The van der Waals surface area contributed by atoms with Crippen LogP contribution in [0.15, 0.2) is 18.2 Å². The van der Waals surface area contributed by atoms with Crippen LogP contribution in [0.2, 0.25) is 0 Å². The van der Waals surface area contributed by atoms with Gasteiger partial charge in [0.05, 0.1) is 19.1 Å². The molecule has 31 heavy (non-hydrogen) atoms. The second kappa shape index (κ2) is 11.4. The molecule has 1 saturated carbocycles. The van der Waals surface area contributed by atoms with Crippen molar-refractivity contribution in [2.24, 2.45) is 11.8 Å². The van der Waals surface area contributed by atoms with Gasteiger partial charge in [-0.3, -0.25) is 9.59 Å².